The van der Waals surface area contributed by atoms with Gasteiger partial charge in [0.25, 0.3) is 0 Å². The maximum atomic E-state index is 13.1. The molecule has 2 aromatic rings. The average Bonchev–Trinajstić information content (AvgIpc) is 2.94. The second kappa shape index (κ2) is 5.05. The van der Waals surface area contributed by atoms with Gasteiger partial charge in [-0.1, -0.05) is 17.8 Å². The zero-order chi connectivity index (χ0) is 12.5. The topological polar surface area (TPSA) is 24.9 Å². The van der Waals surface area contributed by atoms with Crippen LogP contribution in [0, 0.1) is 5.82 Å². The van der Waals surface area contributed by atoms with E-state index in [1.165, 1.54) is 31.4 Å². The Morgan fingerprint density at radius 3 is 3.17 bits per heavy atom. The lowest BCUT2D eigenvalue weighted by molar-refractivity contribution is 0.629. The molecular formula is C13H15FN2S2. The van der Waals surface area contributed by atoms with E-state index in [1.807, 2.05) is 11.8 Å². The van der Waals surface area contributed by atoms with Crippen LogP contribution in [0.25, 0.3) is 10.2 Å². The van der Waals surface area contributed by atoms with E-state index in [0.29, 0.717) is 11.3 Å². The van der Waals surface area contributed by atoms with Gasteiger partial charge in [0, 0.05) is 17.4 Å². The Labute approximate surface area is 114 Å². The molecule has 0 spiro atoms. The fraction of sp³-hybridized carbons (Fsp3) is 0.462. The van der Waals surface area contributed by atoms with E-state index >= 15 is 0 Å². The summed E-state index contributed by atoms with van der Waals surface area (Å²) in [5, 5.41) is 5.11. The number of hydrogen-bond acceptors (Lipinski definition) is 4. The summed E-state index contributed by atoms with van der Waals surface area (Å²) in [6, 6.07) is 5.29. The van der Waals surface area contributed by atoms with Crippen molar-refractivity contribution in [3.8, 4) is 0 Å². The lowest BCUT2D eigenvalue weighted by Gasteiger charge is -2.18. The summed E-state index contributed by atoms with van der Waals surface area (Å²) in [5.41, 5.74) is 0.751. The fourth-order valence-electron chi connectivity index (χ4n) is 2.49. The van der Waals surface area contributed by atoms with Gasteiger partial charge in [0.2, 0.25) is 0 Å². The quantitative estimate of drug-likeness (QED) is 0.916. The van der Waals surface area contributed by atoms with E-state index in [1.54, 1.807) is 17.4 Å². The van der Waals surface area contributed by atoms with Crippen molar-refractivity contribution in [1.82, 2.24) is 4.98 Å². The summed E-state index contributed by atoms with van der Waals surface area (Å²) >= 11 is 3.53. The van der Waals surface area contributed by atoms with E-state index in [-0.39, 0.29) is 5.82 Å². The molecule has 0 saturated heterocycles. The molecule has 18 heavy (non-hydrogen) atoms. The summed E-state index contributed by atoms with van der Waals surface area (Å²) < 4.78 is 14.1. The smallest absolute Gasteiger partial charge is 0.184 e. The van der Waals surface area contributed by atoms with Crippen LogP contribution >= 0.6 is 23.1 Å². The average molecular weight is 282 g/mol. The largest absolute Gasteiger partial charge is 0.358 e. The van der Waals surface area contributed by atoms with Gasteiger partial charge in [0.05, 0.1) is 10.2 Å². The van der Waals surface area contributed by atoms with Gasteiger partial charge in [0.15, 0.2) is 5.13 Å². The third kappa shape index (κ3) is 2.34. The van der Waals surface area contributed by atoms with Gasteiger partial charge < -0.3 is 5.32 Å². The third-order valence-electron chi connectivity index (χ3n) is 3.41. The summed E-state index contributed by atoms with van der Waals surface area (Å²) in [5.74, 6) is -0.220. The van der Waals surface area contributed by atoms with Gasteiger partial charge >= 0.3 is 0 Å². The van der Waals surface area contributed by atoms with Gasteiger partial charge in [-0.2, -0.15) is 11.8 Å². The van der Waals surface area contributed by atoms with Crippen molar-refractivity contribution in [3.63, 3.8) is 0 Å². The van der Waals surface area contributed by atoms with Crippen molar-refractivity contribution in [3.05, 3.63) is 24.0 Å². The van der Waals surface area contributed by atoms with Crippen molar-refractivity contribution in [2.75, 3.05) is 11.6 Å². The molecule has 1 aliphatic carbocycles. The third-order valence-corrected chi connectivity index (χ3v) is 5.55. The maximum Gasteiger partial charge on any atom is 0.184 e. The maximum absolute atomic E-state index is 13.1. The van der Waals surface area contributed by atoms with E-state index in [0.717, 1.165) is 15.3 Å². The van der Waals surface area contributed by atoms with Crippen LogP contribution in [0.5, 0.6) is 0 Å². The summed E-state index contributed by atoms with van der Waals surface area (Å²) in [7, 11) is 0. The first kappa shape index (κ1) is 12.2. The molecule has 1 aromatic carbocycles. The van der Waals surface area contributed by atoms with Gasteiger partial charge in [-0.3, -0.25) is 0 Å². The van der Waals surface area contributed by atoms with Crippen LogP contribution in [0.15, 0.2) is 18.2 Å². The molecule has 2 unspecified atom stereocenters. The molecule has 0 amide bonds. The number of nitrogens with zero attached hydrogens (tertiary/aromatic N) is 1. The molecule has 0 aliphatic heterocycles. The molecule has 0 radical (unpaired) electrons. The van der Waals surface area contributed by atoms with Crippen LogP contribution in [0.4, 0.5) is 9.52 Å². The summed E-state index contributed by atoms with van der Waals surface area (Å²) in [4.78, 5) is 4.46. The number of anilines is 1. The summed E-state index contributed by atoms with van der Waals surface area (Å²) in [6.07, 6.45) is 5.93. The highest BCUT2D eigenvalue weighted by Crippen LogP contribution is 2.33. The number of thiazole rings is 1. The molecule has 1 aromatic heterocycles. The van der Waals surface area contributed by atoms with Crippen LogP contribution in [0.1, 0.15) is 19.3 Å². The molecule has 1 fully saturated rings. The van der Waals surface area contributed by atoms with Gasteiger partial charge in [0.1, 0.15) is 5.82 Å². The van der Waals surface area contributed by atoms with Crippen LogP contribution in [-0.4, -0.2) is 22.5 Å². The second-order valence-electron chi connectivity index (χ2n) is 4.59. The number of halogens is 1. The van der Waals surface area contributed by atoms with E-state index < -0.39 is 0 Å². The normalized spacial score (nSPS) is 23.7. The zero-order valence-electron chi connectivity index (χ0n) is 10.1. The number of rotatable bonds is 3. The van der Waals surface area contributed by atoms with Crippen molar-refractivity contribution in [2.45, 2.75) is 30.6 Å². The van der Waals surface area contributed by atoms with Gasteiger partial charge in [-0.15, -0.1) is 0 Å². The molecule has 2 nitrogen and oxygen atoms in total. The number of nitrogens with one attached hydrogen (secondary N) is 1. The monoisotopic (exact) mass is 282 g/mol. The Hall–Kier alpha value is -0.810. The van der Waals surface area contributed by atoms with Crippen molar-refractivity contribution in [2.24, 2.45) is 0 Å². The Morgan fingerprint density at radius 1 is 1.44 bits per heavy atom. The first-order chi connectivity index (χ1) is 8.76. The predicted molar refractivity (Wildman–Crippen MR) is 78.1 cm³/mol. The van der Waals surface area contributed by atoms with Crippen LogP contribution in [0.2, 0.25) is 0 Å². The Kier molecular flexibility index (Phi) is 3.43. The zero-order valence-corrected chi connectivity index (χ0v) is 11.8. The van der Waals surface area contributed by atoms with Crippen LogP contribution < -0.4 is 5.32 Å². The predicted octanol–water partition coefficient (Wildman–Crippen LogP) is 4.13. The first-order valence-corrected chi connectivity index (χ1v) is 8.22. The number of thioether (sulfide) groups is 1. The van der Waals surface area contributed by atoms with Crippen molar-refractivity contribution in [1.29, 1.82) is 0 Å². The van der Waals surface area contributed by atoms with Crippen LogP contribution in [0.3, 0.4) is 0 Å². The minimum atomic E-state index is -0.220. The highest BCUT2D eigenvalue weighted by molar-refractivity contribution is 7.99. The van der Waals surface area contributed by atoms with Crippen molar-refractivity contribution < 1.29 is 4.39 Å². The van der Waals surface area contributed by atoms with E-state index in [2.05, 4.69) is 16.6 Å². The SMILES string of the molecule is CSC1CCCC1Nc1nc2cc(F)ccc2s1. The highest BCUT2D eigenvalue weighted by atomic mass is 32.2. The van der Waals surface area contributed by atoms with Crippen molar-refractivity contribution >= 4 is 38.4 Å². The Balaban J connectivity index is 1.82. The standard InChI is InChI=1S/C13H15FN2S2/c1-17-11-4-2-3-9(11)15-13-16-10-7-8(14)5-6-12(10)18-13/h5-7,9,11H,2-4H2,1H3,(H,15,16). The highest BCUT2D eigenvalue weighted by Gasteiger charge is 2.26. The molecular weight excluding hydrogens is 267 g/mol. The molecule has 3 rings (SSSR count). The molecule has 96 valence electrons. The first-order valence-electron chi connectivity index (χ1n) is 6.11. The van der Waals surface area contributed by atoms with E-state index in [4.69, 9.17) is 0 Å². The second-order valence-corrected chi connectivity index (χ2v) is 6.69. The Morgan fingerprint density at radius 2 is 2.33 bits per heavy atom. The number of fused-ring (bicyclic) bond motifs is 1. The molecule has 1 heterocycles. The van der Waals surface area contributed by atoms with Gasteiger partial charge in [-0.05, 0) is 31.2 Å². The summed E-state index contributed by atoms with van der Waals surface area (Å²) in [6.45, 7) is 0. The molecule has 1 saturated carbocycles. The molecule has 2 atom stereocenters. The lowest BCUT2D eigenvalue weighted by Crippen LogP contribution is -2.25. The molecule has 1 aliphatic rings. The molecule has 1 N–H and O–H groups in total. The fourth-order valence-corrected chi connectivity index (χ4v) is 4.34. The molecule has 0 bridgehead atoms. The Bertz CT molecular complexity index is 555. The van der Waals surface area contributed by atoms with Crippen LogP contribution in [-0.2, 0) is 0 Å². The van der Waals surface area contributed by atoms with Gasteiger partial charge in [-0.25, -0.2) is 9.37 Å². The number of hydrogen-bond donors (Lipinski definition) is 1. The molecule has 5 heteroatoms. The minimum Gasteiger partial charge on any atom is -0.358 e. The number of aromatic nitrogens is 1. The van der Waals surface area contributed by atoms with E-state index in [9.17, 15) is 4.39 Å². The minimum absolute atomic E-state index is 0.220. The lowest BCUT2D eigenvalue weighted by atomic mass is 10.2. The number of benzene rings is 1.